The molecule has 2 heterocycles. The van der Waals surface area contributed by atoms with Crippen molar-refractivity contribution in [1.29, 1.82) is 0 Å². The Labute approximate surface area is 171 Å². The number of halogens is 1. The lowest BCUT2D eigenvalue weighted by Crippen LogP contribution is -2.44. The van der Waals surface area contributed by atoms with Crippen LogP contribution in [-0.4, -0.2) is 37.1 Å². The van der Waals surface area contributed by atoms with Gasteiger partial charge in [-0.1, -0.05) is 18.2 Å². The highest BCUT2D eigenvalue weighted by Gasteiger charge is 2.23. The van der Waals surface area contributed by atoms with Crippen LogP contribution in [0.3, 0.4) is 0 Å². The summed E-state index contributed by atoms with van der Waals surface area (Å²) in [5.74, 6) is 0.861. The highest BCUT2D eigenvalue weighted by Crippen LogP contribution is 2.20. The van der Waals surface area contributed by atoms with E-state index in [4.69, 9.17) is 0 Å². The Morgan fingerprint density at radius 3 is 2.72 bits per heavy atom. The van der Waals surface area contributed by atoms with Crippen molar-refractivity contribution in [2.45, 2.75) is 32.9 Å². The minimum Gasteiger partial charge on any atom is -0.369 e. The Balaban J connectivity index is 0.00000225. The number of rotatable bonds is 4. The van der Waals surface area contributed by atoms with Crippen molar-refractivity contribution in [1.82, 2.24) is 15.6 Å². The molecule has 136 valence electrons. The summed E-state index contributed by atoms with van der Waals surface area (Å²) in [5.41, 5.74) is 2.40. The van der Waals surface area contributed by atoms with Crippen LogP contribution in [0.1, 0.15) is 22.0 Å². The molecule has 2 aromatic rings. The van der Waals surface area contributed by atoms with Gasteiger partial charge in [0.1, 0.15) is 0 Å². The molecule has 1 aliphatic heterocycles. The first kappa shape index (κ1) is 20.0. The topological polar surface area (TPSA) is 52.6 Å². The van der Waals surface area contributed by atoms with Crippen molar-refractivity contribution in [3.05, 3.63) is 45.9 Å². The van der Waals surface area contributed by atoms with Gasteiger partial charge in [0.15, 0.2) is 5.96 Å². The van der Waals surface area contributed by atoms with Crippen molar-refractivity contribution in [2.75, 3.05) is 25.0 Å². The Kier molecular flexibility index (Phi) is 7.49. The number of aryl methyl sites for hydroxylation is 2. The summed E-state index contributed by atoms with van der Waals surface area (Å²) >= 11 is 1.74. The summed E-state index contributed by atoms with van der Waals surface area (Å²) in [6.45, 7) is 6.96. The van der Waals surface area contributed by atoms with Crippen LogP contribution in [0.15, 0.2) is 35.3 Å². The van der Waals surface area contributed by atoms with Crippen LogP contribution in [-0.2, 0) is 6.54 Å². The Bertz CT molecular complexity index is 701. The number of hydrogen-bond donors (Lipinski definition) is 2. The molecule has 2 N–H and O–H groups in total. The van der Waals surface area contributed by atoms with Gasteiger partial charge in [0, 0.05) is 36.7 Å². The molecule has 0 aliphatic carbocycles. The predicted molar refractivity (Wildman–Crippen MR) is 117 cm³/mol. The lowest BCUT2D eigenvalue weighted by molar-refractivity contribution is 0.649. The van der Waals surface area contributed by atoms with Gasteiger partial charge >= 0.3 is 0 Å². The summed E-state index contributed by atoms with van der Waals surface area (Å²) in [7, 11) is 1.82. The molecule has 1 aliphatic rings. The van der Waals surface area contributed by atoms with E-state index in [0.717, 1.165) is 42.7 Å². The number of hydrogen-bond acceptors (Lipinski definition) is 4. The second-order valence-electron chi connectivity index (χ2n) is 6.08. The van der Waals surface area contributed by atoms with Gasteiger partial charge < -0.3 is 15.5 Å². The average molecular weight is 471 g/mol. The maximum absolute atomic E-state index is 4.47. The first-order valence-corrected chi connectivity index (χ1v) is 9.17. The molecule has 3 rings (SSSR count). The monoisotopic (exact) mass is 471 g/mol. The first-order valence-electron chi connectivity index (χ1n) is 8.36. The summed E-state index contributed by atoms with van der Waals surface area (Å²) in [6.07, 6.45) is 1.12. The van der Waals surface area contributed by atoms with Gasteiger partial charge in [0.2, 0.25) is 0 Å². The standard InChI is InChI=1S/C18H25N5S.HI/c1-13-17(24-14(2)21-13)11-20-18(19-3)22-15-9-10-23(12-15)16-7-5-4-6-8-16;/h4-8,15H,9-12H2,1-3H3,(H2,19,20,22);1H. The Morgan fingerprint density at radius 2 is 2.08 bits per heavy atom. The van der Waals surface area contributed by atoms with Crippen molar-refractivity contribution < 1.29 is 0 Å². The highest BCUT2D eigenvalue weighted by atomic mass is 127. The quantitative estimate of drug-likeness (QED) is 0.408. The number of para-hydroxylation sites is 1. The van der Waals surface area contributed by atoms with Gasteiger partial charge in [0.05, 0.1) is 17.2 Å². The van der Waals surface area contributed by atoms with E-state index in [2.05, 4.69) is 62.8 Å². The van der Waals surface area contributed by atoms with Crippen molar-refractivity contribution in [3.63, 3.8) is 0 Å². The number of thiazole rings is 1. The fourth-order valence-corrected chi connectivity index (χ4v) is 3.92. The smallest absolute Gasteiger partial charge is 0.191 e. The highest BCUT2D eigenvalue weighted by molar-refractivity contribution is 14.0. The molecular formula is C18H26IN5S. The number of nitrogens with zero attached hydrogens (tertiary/aromatic N) is 3. The fourth-order valence-electron chi connectivity index (χ4n) is 3.04. The van der Waals surface area contributed by atoms with E-state index in [1.165, 1.54) is 10.6 Å². The Morgan fingerprint density at radius 1 is 1.32 bits per heavy atom. The van der Waals surface area contributed by atoms with Crippen molar-refractivity contribution in [2.24, 2.45) is 4.99 Å². The lowest BCUT2D eigenvalue weighted by atomic mass is 10.3. The molecule has 7 heteroatoms. The van der Waals surface area contributed by atoms with Crippen molar-refractivity contribution >= 4 is 47.0 Å². The normalized spacial score (nSPS) is 17.3. The second kappa shape index (κ2) is 9.38. The second-order valence-corrected chi connectivity index (χ2v) is 7.37. The molecule has 0 spiro atoms. The minimum atomic E-state index is 0. The van der Waals surface area contributed by atoms with Gasteiger partial charge in [-0.25, -0.2) is 4.98 Å². The average Bonchev–Trinajstić information content (AvgIpc) is 3.18. The van der Waals surface area contributed by atoms with Crippen LogP contribution < -0.4 is 15.5 Å². The van der Waals surface area contributed by atoms with E-state index in [0.29, 0.717) is 6.04 Å². The molecule has 5 nitrogen and oxygen atoms in total. The van der Waals surface area contributed by atoms with E-state index in [-0.39, 0.29) is 24.0 Å². The number of aliphatic imine (C=N–C) groups is 1. The number of aromatic nitrogens is 1. The van der Waals surface area contributed by atoms with Crippen LogP contribution >= 0.6 is 35.3 Å². The zero-order chi connectivity index (χ0) is 16.9. The maximum atomic E-state index is 4.47. The largest absolute Gasteiger partial charge is 0.369 e. The molecule has 1 saturated heterocycles. The third-order valence-electron chi connectivity index (χ3n) is 4.29. The van der Waals surface area contributed by atoms with Crippen LogP contribution in [0.2, 0.25) is 0 Å². The van der Waals surface area contributed by atoms with Crippen molar-refractivity contribution in [3.8, 4) is 0 Å². The Hall–Kier alpha value is -1.35. The third kappa shape index (κ3) is 5.31. The number of guanidine groups is 1. The summed E-state index contributed by atoms with van der Waals surface area (Å²) < 4.78 is 0. The zero-order valence-corrected chi connectivity index (χ0v) is 18.1. The minimum absolute atomic E-state index is 0. The molecule has 25 heavy (non-hydrogen) atoms. The molecule has 1 aromatic carbocycles. The SMILES string of the molecule is CN=C(NCc1sc(C)nc1C)NC1CCN(c2ccccc2)C1.I. The van der Waals surface area contributed by atoms with Crippen LogP contribution in [0.5, 0.6) is 0 Å². The third-order valence-corrected chi connectivity index (χ3v) is 5.36. The van der Waals surface area contributed by atoms with E-state index in [9.17, 15) is 0 Å². The van der Waals surface area contributed by atoms with Gasteiger partial charge in [-0.05, 0) is 32.4 Å². The van der Waals surface area contributed by atoms with Gasteiger partial charge in [0.25, 0.3) is 0 Å². The number of anilines is 1. The van der Waals surface area contributed by atoms with Gasteiger partial charge in [-0.15, -0.1) is 35.3 Å². The molecule has 0 saturated carbocycles. The van der Waals surface area contributed by atoms with E-state index >= 15 is 0 Å². The summed E-state index contributed by atoms with van der Waals surface area (Å²) in [5, 5.41) is 8.07. The van der Waals surface area contributed by atoms with E-state index in [1.54, 1.807) is 11.3 Å². The molecule has 0 bridgehead atoms. The van der Waals surface area contributed by atoms with Gasteiger partial charge in [-0.2, -0.15) is 0 Å². The predicted octanol–water partition coefficient (Wildman–Crippen LogP) is 3.32. The fraction of sp³-hybridized carbons (Fsp3) is 0.444. The van der Waals surface area contributed by atoms with Crippen LogP contribution in [0, 0.1) is 13.8 Å². The molecule has 1 fully saturated rings. The summed E-state index contributed by atoms with van der Waals surface area (Å²) in [4.78, 5) is 12.5. The summed E-state index contributed by atoms with van der Waals surface area (Å²) in [6, 6.07) is 11.0. The molecule has 1 unspecified atom stereocenters. The molecule has 0 amide bonds. The molecule has 0 radical (unpaired) electrons. The van der Waals surface area contributed by atoms with E-state index < -0.39 is 0 Å². The lowest BCUT2D eigenvalue weighted by Gasteiger charge is -2.20. The molecule has 1 aromatic heterocycles. The van der Waals surface area contributed by atoms with Crippen LogP contribution in [0.25, 0.3) is 0 Å². The molecule has 1 atom stereocenters. The van der Waals surface area contributed by atoms with E-state index in [1.807, 2.05) is 14.0 Å². The first-order chi connectivity index (χ1) is 11.7. The maximum Gasteiger partial charge on any atom is 0.191 e. The molecular weight excluding hydrogens is 445 g/mol. The van der Waals surface area contributed by atoms with Crippen LogP contribution in [0.4, 0.5) is 5.69 Å². The number of nitrogens with one attached hydrogen (secondary N) is 2. The number of benzene rings is 1. The zero-order valence-electron chi connectivity index (χ0n) is 15.0. The van der Waals surface area contributed by atoms with Gasteiger partial charge in [-0.3, -0.25) is 4.99 Å².